The van der Waals surface area contributed by atoms with Crippen molar-refractivity contribution in [3.8, 4) is 0 Å². The maximum Gasteiger partial charge on any atom is 0.416 e. The monoisotopic (exact) mass is 410 g/mol. The lowest BCUT2D eigenvalue weighted by molar-refractivity contribution is -0.137. The summed E-state index contributed by atoms with van der Waals surface area (Å²) < 4.78 is 38.6. The number of nitrogens with one attached hydrogen (secondary N) is 1. The Morgan fingerprint density at radius 3 is 2.57 bits per heavy atom. The molecule has 1 N–H and O–H groups in total. The van der Waals surface area contributed by atoms with E-state index in [9.17, 15) is 18.0 Å². The fraction of sp³-hybridized carbons (Fsp3) is 0.381. The van der Waals surface area contributed by atoms with E-state index in [1.165, 1.54) is 12.8 Å². The third-order valence-corrected chi connectivity index (χ3v) is 5.23. The average Bonchev–Trinajstić information content (AvgIpc) is 2.63. The fourth-order valence-electron chi connectivity index (χ4n) is 3.44. The van der Waals surface area contributed by atoms with Gasteiger partial charge in [0.05, 0.1) is 16.3 Å². The number of halogens is 4. The SMILES string of the molecule is C[C@H]1CCCN(Cc2ccc(C(=O)Nc3cc(C(F)(F)F)ccc3Cl)cc2)C1. The molecular formula is C21H22ClF3N2O. The summed E-state index contributed by atoms with van der Waals surface area (Å²) in [5.74, 6) is 0.190. The van der Waals surface area contributed by atoms with Gasteiger partial charge in [0, 0.05) is 18.7 Å². The van der Waals surface area contributed by atoms with Crippen LogP contribution in [0, 0.1) is 5.92 Å². The van der Waals surface area contributed by atoms with Gasteiger partial charge in [0.2, 0.25) is 0 Å². The molecule has 28 heavy (non-hydrogen) atoms. The minimum Gasteiger partial charge on any atom is -0.321 e. The van der Waals surface area contributed by atoms with Gasteiger partial charge in [-0.1, -0.05) is 30.7 Å². The Balaban J connectivity index is 1.66. The van der Waals surface area contributed by atoms with E-state index in [2.05, 4.69) is 17.1 Å². The molecule has 2 aromatic rings. The van der Waals surface area contributed by atoms with Crippen LogP contribution in [0.1, 0.15) is 41.3 Å². The molecule has 150 valence electrons. The number of anilines is 1. The molecule has 0 bridgehead atoms. The third kappa shape index (κ3) is 5.26. The van der Waals surface area contributed by atoms with Crippen molar-refractivity contribution in [3.05, 3.63) is 64.2 Å². The van der Waals surface area contributed by atoms with Crippen molar-refractivity contribution in [2.75, 3.05) is 18.4 Å². The molecule has 1 heterocycles. The lowest BCUT2D eigenvalue weighted by atomic mass is 9.99. The zero-order valence-corrected chi connectivity index (χ0v) is 16.3. The largest absolute Gasteiger partial charge is 0.416 e. The Hall–Kier alpha value is -2.05. The lowest BCUT2D eigenvalue weighted by Crippen LogP contribution is -2.33. The summed E-state index contributed by atoms with van der Waals surface area (Å²) in [5.41, 5.74) is 0.540. The highest BCUT2D eigenvalue weighted by atomic mass is 35.5. The minimum atomic E-state index is -4.50. The van der Waals surface area contributed by atoms with E-state index in [1.807, 2.05) is 12.1 Å². The van der Waals surface area contributed by atoms with Crippen molar-refractivity contribution in [2.24, 2.45) is 5.92 Å². The first-order chi connectivity index (χ1) is 13.2. The number of benzene rings is 2. The maximum atomic E-state index is 12.9. The Bertz CT molecular complexity index is 837. The summed E-state index contributed by atoms with van der Waals surface area (Å²) in [6.45, 7) is 5.21. The van der Waals surface area contributed by atoms with Crippen LogP contribution in [0.4, 0.5) is 18.9 Å². The molecule has 0 saturated carbocycles. The van der Waals surface area contributed by atoms with E-state index in [0.29, 0.717) is 11.5 Å². The topological polar surface area (TPSA) is 32.3 Å². The Morgan fingerprint density at radius 2 is 1.93 bits per heavy atom. The number of amides is 1. The summed E-state index contributed by atoms with van der Waals surface area (Å²) in [6, 6.07) is 9.96. The van der Waals surface area contributed by atoms with Gasteiger partial charge in [-0.15, -0.1) is 0 Å². The molecule has 1 saturated heterocycles. The number of carbonyl (C=O) groups is 1. The molecule has 2 aromatic carbocycles. The molecule has 0 aliphatic carbocycles. The zero-order valence-electron chi connectivity index (χ0n) is 15.5. The van der Waals surface area contributed by atoms with Crippen molar-refractivity contribution < 1.29 is 18.0 Å². The number of nitrogens with zero attached hydrogens (tertiary/aromatic N) is 1. The molecule has 0 unspecified atom stereocenters. The van der Waals surface area contributed by atoms with Gasteiger partial charge in [-0.2, -0.15) is 13.2 Å². The zero-order chi connectivity index (χ0) is 20.3. The van der Waals surface area contributed by atoms with E-state index in [-0.39, 0.29) is 10.7 Å². The van der Waals surface area contributed by atoms with Crippen LogP contribution < -0.4 is 5.32 Å². The van der Waals surface area contributed by atoms with Crippen molar-refractivity contribution in [3.63, 3.8) is 0 Å². The van der Waals surface area contributed by atoms with E-state index in [4.69, 9.17) is 11.6 Å². The highest BCUT2D eigenvalue weighted by Crippen LogP contribution is 2.34. The van der Waals surface area contributed by atoms with Crippen LogP contribution in [0.5, 0.6) is 0 Å². The van der Waals surface area contributed by atoms with Crippen molar-refractivity contribution in [1.29, 1.82) is 0 Å². The van der Waals surface area contributed by atoms with Crippen LogP contribution in [0.25, 0.3) is 0 Å². The number of rotatable bonds is 4. The second-order valence-corrected chi connectivity index (χ2v) is 7.73. The molecule has 1 aliphatic heterocycles. The molecule has 3 nitrogen and oxygen atoms in total. The molecule has 7 heteroatoms. The standard InChI is InChI=1S/C21H22ClF3N2O/c1-14-3-2-10-27(12-14)13-15-4-6-16(7-5-15)20(28)26-19-11-17(21(23,24)25)8-9-18(19)22/h4-9,11,14H,2-3,10,12-13H2,1H3,(H,26,28)/t14-/m0/s1. The molecule has 1 aliphatic rings. The number of hydrogen-bond acceptors (Lipinski definition) is 2. The second-order valence-electron chi connectivity index (χ2n) is 7.33. The van der Waals surface area contributed by atoms with Gasteiger partial charge in [0.25, 0.3) is 5.91 Å². The molecule has 0 radical (unpaired) electrons. The first kappa shape index (κ1) is 20.7. The smallest absolute Gasteiger partial charge is 0.321 e. The predicted molar refractivity (Wildman–Crippen MR) is 105 cm³/mol. The molecule has 0 spiro atoms. The average molecular weight is 411 g/mol. The van der Waals surface area contributed by atoms with Gasteiger partial charge >= 0.3 is 6.18 Å². The normalized spacial score (nSPS) is 18.1. The fourth-order valence-corrected chi connectivity index (χ4v) is 3.61. The van der Waals surface area contributed by atoms with Crippen LogP contribution >= 0.6 is 11.6 Å². The molecular weight excluding hydrogens is 389 g/mol. The van der Waals surface area contributed by atoms with Crippen molar-refractivity contribution in [1.82, 2.24) is 4.90 Å². The first-order valence-corrected chi connectivity index (χ1v) is 9.59. The van der Waals surface area contributed by atoms with Gasteiger partial charge in [-0.3, -0.25) is 9.69 Å². The molecule has 1 atom stereocenters. The Kier molecular flexibility index (Phi) is 6.30. The van der Waals surface area contributed by atoms with E-state index in [0.717, 1.165) is 43.4 Å². The Morgan fingerprint density at radius 1 is 1.21 bits per heavy atom. The molecule has 1 amide bonds. The van der Waals surface area contributed by atoms with Crippen molar-refractivity contribution in [2.45, 2.75) is 32.5 Å². The maximum absolute atomic E-state index is 12.9. The van der Waals surface area contributed by atoms with Gasteiger partial charge < -0.3 is 5.32 Å². The third-order valence-electron chi connectivity index (χ3n) is 4.91. The summed E-state index contributed by atoms with van der Waals surface area (Å²) in [5, 5.41) is 2.52. The number of carbonyl (C=O) groups excluding carboxylic acids is 1. The quantitative estimate of drug-likeness (QED) is 0.686. The van der Waals surface area contributed by atoms with Crippen LogP contribution in [-0.4, -0.2) is 23.9 Å². The molecule has 0 aromatic heterocycles. The number of hydrogen-bond donors (Lipinski definition) is 1. The second kappa shape index (κ2) is 8.53. The number of piperidine rings is 1. The summed E-state index contributed by atoms with van der Waals surface area (Å²) in [6.07, 6.45) is -2.05. The predicted octanol–water partition coefficient (Wildman–Crippen LogP) is 5.84. The summed E-state index contributed by atoms with van der Waals surface area (Å²) in [7, 11) is 0. The number of alkyl halides is 3. The van der Waals surface area contributed by atoms with Gasteiger partial charge in [-0.25, -0.2) is 0 Å². The van der Waals surface area contributed by atoms with Crippen LogP contribution in [0.3, 0.4) is 0 Å². The van der Waals surface area contributed by atoms with Crippen molar-refractivity contribution >= 4 is 23.2 Å². The van der Waals surface area contributed by atoms with E-state index in [1.54, 1.807) is 12.1 Å². The van der Waals surface area contributed by atoms with E-state index >= 15 is 0 Å². The van der Waals surface area contributed by atoms with Crippen LogP contribution in [0.2, 0.25) is 5.02 Å². The van der Waals surface area contributed by atoms with Gasteiger partial charge in [0.15, 0.2) is 0 Å². The lowest BCUT2D eigenvalue weighted by Gasteiger charge is -2.30. The highest BCUT2D eigenvalue weighted by molar-refractivity contribution is 6.34. The van der Waals surface area contributed by atoms with E-state index < -0.39 is 17.6 Å². The highest BCUT2D eigenvalue weighted by Gasteiger charge is 2.31. The van der Waals surface area contributed by atoms with Crippen LogP contribution in [0.15, 0.2) is 42.5 Å². The molecule has 1 fully saturated rings. The minimum absolute atomic E-state index is 0.0530. The summed E-state index contributed by atoms with van der Waals surface area (Å²) >= 11 is 5.94. The van der Waals surface area contributed by atoms with Crippen LogP contribution in [-0.2, 0) is 12.7 Å². The van der Waals surface area contributed by atoms with Gasteiger partial charge in [-0.05, 0) is 61.2 Å². The van der Waals surface area contributed by atoms with Gasteiger partial charge in [0.1, 0.15) is 0 Å². The Labute approximate surface area is 167 Å². The molecule has 3 rings (SSSR count). The summed E-state index contributed by atoms with van der Waals surface area (Å²) in [4.78, 5) is 14.8. The first-order valence-electron chi connectivity index (χ1n) is 9.22. The number of likely N-dealkylation sites (tertiary alicyclic amines) is 1.